The van der Waals surface area contributed by atoms with Crippen LogP contribution in [-0.4, -0.2) is 5.11 Å². The first-order chi connectivity index (χ1) is 6.13. The van der Waals surface area contributed by atoms with Crippen LogP contribution < -0.4 is 0 Å². The molecule has 0 amide bonds. The van der Waals surface area contributed by atoms with E-state index in [1.54, 1.807) is 11.3 Å². The molecule has 3 heteroatoms. The zero-order chi connectivity index (χ0) is 9.84. The fraction of sp³-hybridized carbons (Fsp3) is 0.600. The minimum absolute atomic E-state index is 0.286. The lowest BCUT2D eigenvalue weighted by atomic mass is 10.0. The van der Waals surface area contributed by atoms with Crippen molar-refractivity contribution in [2.45, 2.75) is 32.8 Å². The Hall–Kier alpha value is 0.140. The molecule has 0 aromatic carbocycles. The number of aliphatic hydroxyl groups excluding tert-OH is 1. The Labute approximate surface area is 91.9 Å². The Bertz CT molecular complexity index is 259. The summed E-state index contributed by atoms with van der Waals surface area (Å²) in [4.78, 5) is 1.06. The molecule has 0 saturated carbocycles. The lowest BCUT2D eigenvalue weighted by molar-refractivity contribution is 0.150. The third kappa shape index (κ3) is 3.41. The lowest BCUT2D eigenvalue weighted by Crippen LogP contribution is -2.01. The number of halogens is 1. The average molecular weight is 263 g/mol. The van der Waals surface area contributed by atoms with E-state index in [2.05, 4.69) is 29.8 Å². The summed E-state index contributed by atoms with van der Waals surface area (Å²) in [5, 5.41) is 9.82. The van der Waals surface area contributed by atoms with Crippen LogP contribution in [0.5, 0.6) is 0 Å². The molecule has 1 rings (SSSR count). The number of hydrogen-bond acceptors (Lipinski definition) is 2. The molecular formula is C10H15BrOS. The van der Waals surface area contributed by atoms with Gasteiger partial charge in [-0.25, -0.2) is 0 Å². The first-order valence-corrected chi connectivity index (χ1v) is 6.17. The first kappa shape index (κ1) is 11.2. The second-order valence-corrected chi connectivity index (χ2v) is 5.90. The van der Waals surface area contributed by atoms with E-state index in [0.717, 1.165) is 21.5 Å². The highest BCUT2D eigenvalue weighted by molar-refractivity contribution is 9.11. The Balaban J connectivity index is 2.53. The molecule has 2 atom stereocenters. The fourth-order valence-corrected chi connectivity index (χ4v) is 2.59. The van der Waals surface area contributed by atoms with E-state index < -0.39 is 0 Å². The number of rotatable bonds is 4. The summed E-state index contributed by atoms with van der Waals surface area (Å²) in [6.07, 6.45) is 1.71. The van der Waals surface area contributed by atoms with E-state index >= 15 is 0 Å². The predicted octanol–water partition coefficient (Wildman–Crippen LogP) is 3.98. The Kier molecular flexibility index (Phi) is 4.42. The molecule has 0 fully saturated rings. The molecule has 74 valence electrons. The van der Waals surface area contributed by atoms with Crippen molar-refractivity contribution in [3.8, 4) is 0 Å². The van der Waals surface area contributed by atoms with Crippen molar-refractivity contribution < 1.29 is 5.11 Å². The van der Waals surface area contributed by atoms with Crippen molar-refractivity contribution in [3.63, 3.8) is 0 Å². The van der Waals surface area contributed by atoms with Gasteiger partial charge in [-0.15, -0.1) is 11.3 Å². The number of aliphatic hydroxyl groups is 1. The summed E-state index contributed by atoms with van der Waals surface area (Å²) in [7, 11) is 0. The number of thiophene rings is 1. The van der Waals surface area contributed by atoms with E-state index in [1.165, 1.54) is 0 Å². The molecule has 0 spiro atoms. The van der Waals surface area contributed by atoms with Crippen molar-refractivity contribution >= 4 is 27.3 Å². The zero-order valence-electron chi connectivity index (χ0n) is 7.96. The van der Waals surface area contributed by atoms with Crippen LogP contribution in [0.4, 0.5) is 0 Å². The Morgan fingerprint density at radius 3 is 2.69 bits per heavy atom. The molecule has 0 aliphatic heterocycles. The molecule has 1 N–H and O–H groups in total. The lowest BCUT2D eigenvalue weighted by Gasteiger charge is -2.12. The highest BCUT2D eigenvalue weighted by Crippen LogP contribution is 2.31. The van der Waals surface area contributed by atoms with Crippen LogP contribution in [0, 0.1) is 5.92 Å². The average Bonchev–Trinajstić information content (AvgIpc) is 2.51. The van der Waals surface area contributed by atoms with Crippen LogP contribution in [0.25, 0.3) is 0 Å². The second kappa shape index (κ2) is 5.13. The molecule has 13 heavy (non-hydrogen) atoms. The summed E-state index contributed by atoms with van der Waals surface area (Å²) in [5.74, 6) is 0.593. The van der Waals surface area contributed by atoms with Crippen LogP contribution in [0.3, 0.4) is 0 Å². The SMILES string of the molecule is CCC(C)CC(O)c1ccc(Br)s1. The standard InChI is InChI=1S/C10H15BrOS/c1-3-7(2)6-8(12)9-4-5-10(11)13-9/h4-5,7-8,12H,3,6H2,1-2H3. The maximum absolute atomic E-state index is 9.82. The van der Waals surface area contributed by atoms with E-state index in [0.29, 0.717) is 5.92 Å². The highest BCUT2D eigenvalue weighted by Gasteiger charge is 2.12. The smallest absolute Gasteiger partial charge is 0.0884 e. The Morgan fingerprint density at radius 2 is 2.23 bits per heavy atom. The molecule has 2 unspecified atom stereocenters. The normalized spacial score (nSPS) is 15.7. The molecule has 0 saturated heterocycles. The van der Waals surface area contributed by atoms with Gasteiger partial charge in [0.2, 0.25) is 0 Å². The van der Waals surface area contributed by atoms with Crippen LogP contribution in [0.1, 0.15) is 37.7 Å². The van der Waals surface area contributed by atoms with Crippen LogP contribution in [0.2, 0.25) is 0 Å². The van der Waals surface area contributed by atoms with Crippen molar-refractivity contribution in [1.29, 1.82) is 0 Å². The third-order valence-corrected chi connectivity index (χ3v) is 3.97. The monoisotopic (exact) mass is 262 g/mol. The van der Waals surface area contributed by atoms with Gasteiger partial charge >= 0.3 is 0 Å². The Morgan fingerprint density at radius 1 is 1.54 bits per heavy atom. The minimum Gasteiger partial charge on any atom is -0.388 e. The van der Waals surface area contributed by atoms with Crippen LogP contribution >= 0.6 is 27.3 Å². The molecular weight excluding hydrogens is 248 g/mol. The third-order valence-electron chi connectivity index (χ3n) is 2.24. The van der Waals surface area contributed by atoms with Gasteiger partial charge in [0.1, 0.15) is 0 Å². The zero-order valence-corrected chi connectivity index (χ0v) is 10.4. The predicted molar refractivity (Wildman–Crippen MR) is 61.1 cm³/mol. The number of hydrogen-bond donors (Lipinski definition) is 1. The molecule has 1 nitrogen and oxygen atoms in total. The summed E-state index contributed by atoms with van der Waals surface area (Å²) in [5.41, 5.74) is 0. The van der Waals surface area contributed by atoms with E-state index in [4.69, 9.17) is 0 Å². The quantitative estimate of drug-likeness (QED) is 0.871. The van der Waals surface area contributed by atoms with Gasteiger partial charge in [-0.05, 0) is 40.4 Å². The molecule has 1 aromatic heterocycles. The summed E-state index contributed by atoms with van der Waals surface area (Å²) in [6.45, 7) is 4.33. The van der Waals surface area contributed by atoms with E-state index in [-0.39, 0.29) is 6.10 Å². The summed E-state index contributed by atoms with van der Waals surface area (Å²) < 4.78 is 1.09. The molecule has 0 radical (unpaired) electrons. The van der Waals surface area contributed by atoms with Gasteiger partial charge in [0, 0.05) is 4.88 Å². The molecule has 1 heterocycles. The van der Waals surface area contributed by atoms with Crippen molar-refractivity contribution in [1.82, 2.24) is 0 Å². The van der Waals surface area contributed by atoms with Crippen molar-refractivity contribution in [2.75, 3.05) is 0 Å². The first-order valence-electron chi connectivity index (χ1n) is 4.56. The largest absolute Gasteiger partial charge is 0.388 e. The topological polar surface area (TPSA) is 20.2 Å². The van der Waals surface area contributed by atoms with Gasteiger partial charge in [0.05, 0.1) is 9.89 Å². The fourth-order valence-electron chi connectivity index (χ4n) is 1.17. The van der Waals surface area contributed by atoms with Crippen molar-refractivity contribution in [3.05, 3.63) is 20.8 Å². The second-order valence-electron chi connectivity index (χ2n) is 3.41. The maximum atomic E-state index is 9.82. The summed E-state index contributed by atoms with van der Waals surface area (Å²) in [6, 6.07) is 3.97. The van der Waals surface area contributed by atoms with Gasteiger partial charge in [0.25, 0.3) is 0 Å². The van der Waals surface area contributed by atoms with Gasteiger partial charge in [-0.2, -0.15) is 0 Å². The highest BCUT2D eigenvalue weighted by atomic mass is 79.9. The van der Waals surface area contributed by atoms with Crippen molar-refractivity contribution in [2.24, 2.45) is 5.92 Å². The van der Waals surface area contributed by atoms with Gasteiger partial charge in [0.15, 0.2) is 0 Å². The summed E-state index contributed by atoms with van der Waals surface area (Å²) >= 11 is 5.01. The van der Waals surface area contributed by atoms with Gasteiger partial charge in [-0.1, -0.05) is 20.3 Å². The van der Waals surface area contributed by atoms with Crippen LogP contribution in [-0.2, 0) is 0 Å². The molecule has 0 bridgehead atoms. The van der Waals surface area contributed by atoms with Gasteiger partial charge < -0.3 is 5.11 Å². The minimum atomic E-state index is -0.286. The molecule has 0 aliphatic carbocycles. The van der Waals surface area contributed by atoms with E-state index in [9.17, 15) is 5.11 Å². The molecule has 0 aliphatic rings. The van der Waals surface area contributed by atoms with Crippen LogP contribution in [0.15, 0.2) is 15.9 Å². The molecule has 1 aromatic rings. The van der Waals surface area contributed by atoms with Gasteiger partial charge in [-0.3, -0.25) is 0 Å². The maximum Gasteiger partial charge on any atom is 0.0884 e. The van der Waals surface area contributed by atoms with E-state index in [1.807, 2.05) is 12.1 Å².